The van der Waals surface area contributed by atoms with Crippen molar-refractivity contribution in [2.75, 3.05) is 17.6 Å². The van der Waals surface area contributed by atoms with Crippen LogP contribution in [0.1, 0.15) is 18.4 Å². The number of rotatable bonds is 2. The zero-order valence-electron chi connectivity index (χ0n) is 10.4. The van der Waals surface area contributed by atoms with Gasteiger partial charge >= 0.3 is 0 Å². The van der Waals surface area contributed by atoms with Gasteiger partial charge in [-0.1, -0.05) is 11.8 Å². The molecule has 0 saturated carbocycles. The van der Waals surface area contributed by atoms with E-state index >= 15 is 0 Å². The second-order valence-electron chi connectivity index (χ2n) is 4.19. The van der Waals surface area contributed by atoms with Crippen molar-refractivity contribution in [2.24, 2.45) is 5.73 Å². The lowest BCUT2D eigenvalue weighted by Crippen LogP contribution is -2.22. The molecule has 0 radical (unpaired) electrons. The van der Waals surface area contributed by atoms with E-state index in [4.69, 9.17) is 5.73 Å². The van der Waals surface area contributed by atoms with E-state index in [9.17, 15) is 9.18 Å². The molecule has 1 amide bonds. The van der Waals surface area contributed by atoms with Crippen LogP contribution in [0.2, 0.25) is 0 Å². The van der Waals surface area contributed by atoms with Gasteiger partial charge < -0.3 is 11.1 Å². The van der Waals surface area contributed by atoms with Crippen LogP contribution < -0.4 is 11.1 Å². The third-order valence-electron chi connectivity index (χ3n) is 2.78. The van der Waals surface area contributed by atoms with Crippen molar-refractivity contribution in [3.05, 3.63) is 29.6 Å². The van der Waals surface area contributed by atoms with E-state index < -0.39 is 5.82 Å². The first-order chi connectivity index (χ1) is 9.20. The number of amides is 1. The maximum Gasteiger partial charge on any atom is 0.237 e. The molecule has 1 aromatic carbocycles. The maximum absolute atomic E-state index is 13.7. The number of carbonyl (C=O) groups is 1. The van der Waals surface area contributed by atoms with Gasteiger partial charge in [-0.25, -0.2) is 4.39 Å². The molecule has 5 heteroatoms. The molecule has 3 N–H and O–H groups in total. The minimum atomic E-state index is -0.446. The third-order valence-corrected chi connectivity index (χ3v) is 4.16. The van der Waals surface area contributed by atoms with Gasteiger partial charge in [0.25, 0.3) is 0 Å². The molecule has 1 aliphatic heterocycles. The van der Waals surface area contributed by atoms with E-state index in [0.717, 1.165) is 18.6 Å². The van der Waals surface area contributed by atoms with Crippen molar-refractivity contribution >= 4 is 23.4 Å². The fourth-order valence-corrected chi connectivity index (χ4v) is 3.01. The second-order valence-corrected chi connectivity index (χ2v) is 5.50. The first kappa shape index (κ1) is 13.9. The van der Waals surface area contributed by atoms with Gasteiger partial charge in [0.05, 0.1) is 17.4 Å². The SMILES string of the molecule is NCC#Cc1ccc(NC(=O)C2CCCS2)cc1F. The summed E-state index contributed by atoms with van der Waals surface area (Å²) in [6, 6.07) is 4.49. The van der Waals surface area contributed by atoms with Crippen molar-refractivity contribution in [3.63, 3.8) is 0 Å². The van der Waals surface area contributed by atoms with Gasteiger partial charge in [0.2, 0.25) is 5.91 Å². The zero-order valence-corrected chi connectivity index (χ0v) is 11.2. The first-order valence-electron chi connectivity index (χ1n) is 6.11. The van der Waals surface area contributed by atoms with Gasteiger partial charge in [-0.05, 0) is 36.8 Å². The highest BCUT2D eigenvalue weighted by Crippen LogP contribution is 2.27. The van der Waals surface area contributed by atoms with Gasteiger partial charge in [-0.15, -0.1) is 11.8 Å². The maximum atomic E-state index is 13.7. The van der Waals surface area contributed by atoms with Crippen LogP contribution in [-0.4, -0.2) is 23.5 Å². The molecular formula is C14H15FN2OS. The van der Waals surface area contributed by atoms with Gasteiger partial charge in [0.1, 0.15) is 5.82 Å². The number of benzene rings is 1. The highest BCUT2D eigenvalue weighted by atomic mass is 32.2. The molecule has 0 aromatic heterocycles. The Hall–Kier alpha value is -1.51. The molecule has 100 valence electrons. The molecule has 1 unspecified atom stereocenters. The van der Waals surface area contributed by atoms with E-state index in [1.807, 2.05) is 0 Å². The second kappa shape index (κ2) is 6.60. The lowest BCUT2D eigenvalue weighted by Gasteiger charge is -2.10. The summed E-state index contributed by atoms with van der Waals surface area (Å²) in [6.07, 6.45) is 1.95. The predicted molar refractivity (Wildman–Crippen MR) is 76.4 cm³/mol. The average Bonchev–Trinajstić information content (AvgIpc) is 2.92. The Labute approximate surface area is 116 Å². The van der Waals surface area contributed by atoms with Gasteiger partial charge in [0.15, 0.2) is 0 Å². The summed E-state index contributed by atoms with van der Waals surface area (Å²) in [5.74, 6) is 5.75. The van der Waals surface area contributed by atoms with Crippen molar-refractivity contribution in [3.8, 4) is 11.8 Å². The topological polar surface area (TPSA) is 55.1 Å². The Morgan fingerprint density at radius 2 is 2.42 bits per heavy atom. The fraction of sp³-hybridized carbons (Fsp3) is 0.357. The van der Waals surface area contributed by atoms with E-state index in [0.29, 0.717) is 11.3 Å². The number of carbonyl (C=O) groups excluding carboxylic acids is 1. The minimum absolute atomic E-state index is 0.0141. The van der Waals surface area contributed by atoms with Crippen molar-refractivity contribution < 1.29 is 9.18 Å². The molecule has 19 heavy (non-hydrogen) atoms. The van der Waals surface area contributed by atoms with E-state index in [1.54, 1.807) is 23.9 Å². The summed E-state index contributed by atoms with van der Waals surface area (Å²) in [4.78, 5) is 11.9. The number of hydrogen-bond acceptors (Lipinski definition) is 3. The van der Waals surface area contributed by atoms with E-state index in [-0.39, 0.29) is 17.7 Å². The molecule has 0 aliphatic carbocycles. The Morgan fingerprint density at radius 3 is 3.05 bits per heavy atom. The molecular weight excluding hydrogens is 263 g/mol. The number of nitrogens with two attached hydrogens (primary N) is 1. The Kier molecular flexibility index (Phi) is 4.83. The summed E-state index contributed by atoms with van der Waals surface area (Å²) >= 11 is 1.65. The quantitative estimate of drug-likeness (QED) is 0.813. The summed E-state index contributed by atoms with van der Waals surface area (Å²) in [5.41, 5.74) is 5.99. The molecule has 1 aliphatic rings. The van der Waals surface area contributed by atoms with Gasteiger partial charge in [-0.2, -0.15) is 0 Å². The van der Waals surface area contributed by atoms with Crippen LogP contribution in [0.4, 0.5) is 10.1 Å². The van der Waals surface area contributed by atoms with Crippen LogP contribution in [0.5, 0.6) is 0 Å². The lowest BCUT2D eigenvalue weighted by atomic mass is 10.2. The van der Waals surface area contributed by atoms with E-state index in [1.165, 1.54) is 6.07 Å². The van der Waals surface area contributed by atoms with Crippen LogP contribution in [0.3, 0.4) is 0 Å². The van der Waals surface area contributed by atoms with Crippen LogP contribution in [0, 0.1) is 17.7 Å². The number of thioether (sulfide) groups is 1. The van der Waals surface area contributed by atoms with Crippen LogP contribution in [0.25, 0.3) is 0 Å². The Morgan fingerprint density at radius 1 is 1.58 bits per heavy atom. The van der Waals surface area contributed by atoms with Crippen molar-refractivity contribution in [1.82, 2.24) is 0 Å². The molecule has 1 heterocycles. The molecule has 1 aromatic rings. The fourth-order valence-electron chi connectivity index (χ4n) is 1.85. The molecule has 1 saturated heterocycles. The normalized spacial score (nSPS) is 17.7. The number of anilines is 1. The number of nitrogens with one attached hydrogen (secondary N) is 1. The van der Waals surface area contributed by atoms with Crippen LogP contribution in [-0.2, 0) is 4.79 Å². The van der Waals surface area contributed by atoms with Crippen molar-refractivity contribution in [2.45, 2.75) is 18.1 Å². The highest BCUT2D eigenvalue weighted by molar-refractivity contribution is 8.00. The predicted octanol–water partition coefficient (Wildman–Crippen LogP) is 1.97. The monoisotopic (exact) mass is 278 g/mol. The van der Waals surface area contributed by atoms with Crippen LogP contribution in [0.15, 0.2) is 18.2 Å². The smallest absolute Gasteiger partial charge is 0.237 e. The first-order valence-corrected chi connectivity index (χ1v) is 7.16. The molecule has 0 spiro atoms. The van der Waals surface area contributed by atoms with Gasteiger partial charge in [-0.3, -0.25) is 4.79 Å². The molecule has 0 bridgehead atoms. The molecule has 1 fully saturated rings. The summed E-state index contributed by atoms with van der Waals surface area (Å²) in [7, 11) is 0. The zero-order chi connectivity index (χ0) is 13.7. The average molecular weight is 278 g/mol. The highest BCUT2D eigenvalue weighted by Gasteiger charge is 2.23. The Bertz CT molecular complexity index is 530. The number of halogens is 1. The van der Waals surface area contributed by atoms with Gasteiger partial charge in [0, 0.05) is 5.69 Å². The summed E-state index contributed by atoms with van der Waals surface area (Å²) in [6.45, 7) is 0.191. The Balaban J connectivity index is 2.05. The molecule has 2 rings (SSSR count). The summed E-state index contributed by atoms with van der Waals surface area (Å²) in [5, 5.41) is 2.72. The number of hydrogen-bond donors (Lipinski definition) is 2. The minimum Gasteiger partial charge on any atom is -0.325 e. The third kappa shape index (κ3) is 3.72. The largest absolute Gasteiger partial charge is 0.325 e. The molecule has 1 atom stereocenters. The lowest BCUT2D eigenvalue weighted by molar-refractivity contribution is -0.115. The van der Waals surface area contributed by atoms with Crippen LogP contribution >= 0.6 is 11.8 Å². The van der Waals surface area contributed by atoms with Crippen molar-refractivity contribution in [1.29, 1.82) is 0 Å². The van der Waals surface area contributed by atoms with E-state index in [2.05, 4.69) is 17.2 Å². The molecule has 3 nitrogen and oxygen atoms in total. The summed E-state index contributed by atoms with van der Waals surface area (Å²) < 4.78 is 13.7. The standard InChI is InChI=1S/C14H15FN2OS/c15-12-9-11(6-5-10(12)3-1-7-16)17-14(18)13-4-2-8-19-13/h5-6,9,13H,2,4,7-8,16H2,(H,17,18).